The molecule has 8 atom stereocenters. The summed E-state index contributed by atoms with van der Waals surface area (Å²) in [6.07, 6.45) is 1.34. The van der Waals surface area contributed by atoms with Crippen LogP contribution in [-0.2, 0) is 33.5 Å². The van der Waals surface area contributed by atoms with Crippen molar-refractivity contribution in [1.82, 2.24) is 0 Å². The summed E-state index contributed by atoms with van der Waals surface area (Å²) in [5.41, 5.74) is -6.91. The van der Waals surface area contributed by atoms with Crippen molar-refractivity contribution in [2.75, 3.05) is 19.8 Å². The van der Waals surface area contributed by atoms with Gasteiger partial charge in [0.2, 0.25) is 11.5 Å². The van der Waals surface area contributed by atoms with E-state index in [1.54, 1.807) is 26.8 Å². The number of rotatable bonds is 18. The number of ketones is 3. The number of alkyl halides is 1. The molecule has 59 heavy (non-hydrogen) atoms. The summed E-state index contributed by atoms with van der Waals surface area (Å²) in [4.78, 5) is 95.6. The molecule has 19 nitrogen and oxygen atoms in total. The summed E-state index contributed by atoms with van der Waals surface area (Å²) in [5.74, 6) is -7.61. The lowest BCUT2D eigenvalue weighted by molar-refractivity contribution is -0.757. The minimum atomic E-state index is -2.29. The third-order valence-corrected chi connectivity index (χ3v) is 12.7. The number of aromatic hydroxyl groups is 2. The number of allylic oxidation sites excluding steroid dienone is 4. The van der Waals surface area contributed by atoms with E-state index in [0.29, 0.717) is 18.4 Å². The second-order valence-corrected chi connectivity index (χ2v) is 16.0. The predicted molar refractivity (Wildman–Crippen MR) is 196 cm³/mol. The van der Waals surface area contributed by atoms with Crippen LogP contribution in [0.2, 0.25) is 0 Å². The van der Waals surface area contributed by atoms with Crippen LogP contribution in [0.4, 0.5) is 9.18 Å². The van der Waals surface area contributed by atoms with E-state index in [1.165, 1.54) is 12.2 Å². The van der Waals surface area contributed by atoms with E-state index in [9.17, 15) is 59.5 Å². The number of hydrogen-bond donors (Lipinski definition) is 3. The fourth-order valence-corrected chi connectivity index (χ4v) is 9.92. The average Bonchev–Trinajstić information content (AvgIpc) is 3.38. The Morgan fingerprint density at radius 3 is 2.32 bits per heavy atom. The Morgan fingerprint density at radius 2 is 1.64 bits per heavy atom. The summed E-state index contributed by atoms with van der Waals surface area (Å²) in [5, 5.41) is 51.5. The third kappa shape index (κ3) is 8.31. The van der Waals surface area contributed by atoms with Gasteiger partial charge in [-0.05, 0) is 69.6 Å². The van der Waals surface area contributed by atoms with Crippen molar-refractivity contribution >= 4 is 29.5 Å². The lowest BCUT2D eigenvalue weighted by Gasteiger charge is -2.62. The first-order valence-electron chi connectivity index (χ1n) is 19.2. The van der Waals surface area contributed by atoms with Crippen molar-refractivity contribution in [3.8, 4) is 17.2 Å². The molecule has 2 fully saturated rings. The molecule has 0 saturated heterocycles. The standard InChI is InChI=1S/C39H47FN2O17/c1-22-16-27-26-11-10-24-19-25(43)12-13-36(24,2)38(26,40)31(46)20-37(27,3)39(22,59-33(48)9-7-15-57-42(53)54)32(47)21-55-35(50)58-30-18-23(17-29(45)34(30)49)28(44)8-5-4-6-14-56-41(51)52/h10,12-13,17-18,22,26-27,31,45-46,49H,4-9,11,14-16,19-21H2,1-3H3/t22-,26?,27?,31+,36+,37+,38+,39+/m1/s1. The fraction of sp³-hybridized carbons (Fsp3) is 0.615. The van der Waals surface area contributed by atoms with E-state index in [0.717, 1.165) is 12.1 Å². The van der Waals surface area contributed by atoms with Gasteiger partial charge in [-0.25, -0.2) is 9.18 Å². The number of halogens is 1. The van der Waals surface area contributed by atoms with Gasteiger partial charge in [-0.2, -0.15) is 0 Å². The highest BCUT2D eigenvalue weighted by molar-refractivity contribution is 5.97. The number of aliphatic hydroxyl groups excluding tert-OH is 1. The molecule has 0 spiro atoms. The minimum Gasteiger partial charge on any atom is -0.504 e. The van der Waals surface area contributed by atoms with E-state index < -0.39 is 123 Å². The van der Waals surface area contributed by atoms with Gasteiger partial charge in [-0.15, -0.1) is 20.2 Å². The van der Waals surface area contributed by atoms with Crippen molar-refractivity contribution in [2.45, 2.75) is 102 Å². The monoisotopic (exact) mass is 834 g/mol. The van der Waals surface area contributed by atoms with Crippen molar-refractivity contribution in [2.24, 2.45) is 28.6 Å². The number of esters is 1. The molecule has 322 valence electrons. The number of unbranched alkanes of at least 4 members (excludes halogenated alkanes) is 2. The molecule has 2 unspecified atom stereocenters. The second kappa shape index (κ2) is 17.3. The largest absolute Gasteiger partial charge is 0.514 e. The Labute approximate surface area is 336 Å². The molecule has 0 amide bonds. The van der Waals surface area contributed by atoms with Crippen LogP contribution >= 0.6 is 0 Å². The summed E-state index contributed by atoms with van der Waals surface area (Å²) in [7, 11) is 0. The van der Waals surface area contributed by atoms with Crippen molar-refractivity contribution in [1.29, 1.82) is 0 Å². The topological polar surface area (TPSA) is 278 Å². The molecule has 0 heterocycles. The quantitative estimate of drug-likeness (QED) is 0.0256. The predicted octanol–water partition coefficient (Wildman–Crippen LogP) is 5.02. The Hall–Kier alpha value is -5.66. The smallest absolute Gasteiger partial charge is 0.504 e. The molecule has 1 aromatic carbocycles. The van der Waals surface area contributed by atoms with Crippen molar-refractivity contribution < 1.29 is 77.7 Å². The number of phenolic OH excluding ortho intramolecular Hbond substituents is 2. The van der Waals surface area contributed by atoms with E-state index in [1.807, 2.05) is 0 Å². The van der Waals surface area contributed by atoms with Gasteiger partial charge in [-0.3, -0.25) is 19.2 Å². The molecule has 1 aromatic rings. The molecule has 4 aliphatic carbocycles. The molecule has 5 rings (SSSR count). The molecule has 0 aliphatic heterocycles. The fourth-order valence-electron chi connectivity index (χ4n) is 9.92. The van der Waals surface area contributed by atoms with Crippen LogP contribution in [0.25, 0.3) is 0 Å². The van der Waals surface area contributed by atoms with Crippen LogP contribution in [0.5, 0.6) is 17.2 Å². The van der Waals surface area contributed by atoms with Crippen LogP contribution in [0.15, 0.2) is 35.9 Å². The normalized spacial score (nSPS) is 30.5. The molecule has 4 aliphatic rings. The number of fused-ring (bicyclic) bond motifs is 5. The Morgan fingerprint density at radius 1 is 0.966 bits per heavy atom. The lowest BCUT2D eigenvalue weighted by Crippen LogP contribution is -2.69. The van der Waals surface area contributed by atoms with Crippen LogP contribution in [-0.4, -0.2) is 92.2 Å². The summed E-state index contributed by atoms with van der Waals surface area (Å²) >= 11 is 0. The van der Waals surface area contributed by atoms with Crippen LogP contribution in [0.1, 0.15) is 95.3 Å². The van der Waals surface area contributed by atoms with Crippen LogP contribution < -0.4 is 4.74 Å². The molecule has 2 saturated carbocycles. The SMILES string of the molecule is C[C@@H]1CC2C3CC=C4CC(=O)C=C[C@]4(C)[C@@]3(F)[C@@H](O)C[C@]2(C)[C@@]1(OC(=O)CCCO[N+](=O)[O-])C(=O)COC(=O)Oc1cc(C(=O)CCCCCO[N+](=O)[O-])cc(O)c1O. The maximum Gasteiger partial charge on any atom is 0.514 e. The van der Waals surface area contributed by atoms with E-state index in [4.69, 9.17) is 14.2 Å². The van der Waals surface area contributed by atoms with Gasteiger partial charge in [0.15, 0.2) is 40.9 Å². The first kappa shape index (κ1) is 44.4. The Bertz CT molecular complexity index is 1950. The maximum atomic E-state index is 17.8. The number of carbonyl (C=O) groups excluding carboxylic acids is 5. The molecule has 0 bridgehead atoms. The molecular formula is C39H47FN2O17. The van der Waals surface area contributed by atoms with Crippen LogP contribution in [0.3, 0.4) is 0 Å². The maximum absolute atomic E-state index is 17.8. The van der Waals surface area contributed by atoms with Gasteiger partial charge < -0.3 is 39.2 Å². The number of nitrogens with zero attached hydrogens (tertiary/aromatic N) is 2. The number of aliphatic hydroxyl groups is 1. The van der Waals surface area contributed by atoms with Crippen molar-refractivity contribution in [3.63, 3.8) is 0 Å². The van der Waals surface area contributed by atoms with Gasteiger partial charge in [0.05, 0.1) is 19.3 Å². The summed E-state index contributed by atoms with van der Waals surface area (Å²) < 4.78 is 34.1. The highest BCUT2D eigenvalue weighted by atomic mass is 19.1. The molecular weight excluding hydrogens is 787 g/mol. The Balaban J connectivity index is 1.37. The van der Waals surface area contributed by atoms with E-state index >= 15 is 4.39 Å². The number of hydrogen-bond acceptors (Lipinski definition) is 17. The molecule has 3 N–H and O–H groups in total. The minimum absolute atomic E-state index is 0.0202. The van der Waals surface area contributed by atoms with E-state index in [-0.39, 0.29) is 56.5 Å². The van der Waals surface area contributed by atoms with Gasteiger partial charge in [0, 0.05) is 47.5 Å². The summed E-state index contributed by atoms with van der Waals surface area (Å²) in [6.45, 7) is 3.10. The van der Waals surface area contributed by atoms with Gasteiger partial charge >= 0.3 is 12.1 Å². The zero-order valence-corrected chi connectivity index (χ0v) is 32.7. The Kier molecular flexibility index (Phi) is 13.0. The van der Waals surface area contributed by atoms with Gasteiger partial charge in [-0.1, -0.05) is 38.0 Å². The number of ether oxygens (including phenoxy) is 3. The number of Topliss-reactive ketones (excluding diaryl/α,β-unsaturated/α-hetero) is 2. The van der Waals surface area contributed by atoms with E-state index in [2.05, 4.69) is 9.68 Å². The number of carbonyl (C=O) groups is 5. The first-order chi connectivity index (χ1) is 27.7. The highest BCUT2D eigenvalue weighted by Gasteiger charge is 2.77. The van der Waals surface area contributed by atoms with Crippen LogP contribution in [0, 0.1) is 48.8 Å². The number of phenols is 2. The lowest BCUT2D eigenvalue weighted by atomic mass is 9.45. The third-order valence-electron chi connectivity index (χ3n) is 12.7. The van der Waals surface area contributed by atoms with Gasteiger partial charge in [0.1, 0.15) is 0 Å². The molecule has 0 radical (unpaired) electrons. The highest BCUT2D eigenvalue weighted by Crippen LogP contribution is 2.71. The molecule has 0 aromatic heterocycles. The first-order valence-corrected chi connectivity index (χ1v) is 19.2. The summed E-state index contributed by atoms with van der Waals surface area (Å²) in [6, 6.07) is 1.90. The second-order valence-electron chi connectivity index (χ2n) is 16.0. The average molecular weight is 835 g/mol. The molecule has 20 heteroatoms. The zero-order valence-electron chi connectivity index (χ0n) is 32.7. The number of benzene rings is 1. The van der Waals surface area contributed by atoms with Gasteiger partial charge in [0.25, 0.3) is 10.2 Å². The van der Waals surface area contributed by atoms with Crippen molar-refractivity contribution in [3.05, 3.63) is 61.7 Å². The zero-order chi connectivity index (χ0) is 43.5.